The first-order valence-corrected chi connectivity index (χ1v) is 4.56. The first-order valence-electron chi connectivity index (χ1n) is 3.68. The van der Waals surface area contributed by atoms with Crippen LogP contribution < -0.4 is 0 Å². The van der Waals surface area contributed by atoms with Gasteiger partial charge in [-0.1, -0.05) is 0 Å². The zero-order valence-electron chi connectivity index (χ0n) is 7.07. The summed E-state index contributed by atoms with van der Waals surface area (Å²) < 4.78 is 0. The Morgan fingerprint density at radius 3 is 2.83 bits per heavy atom. The SMILES string of the molecule is CCN(C)C(=O)c1cc(O)cs1. The van der Waals surface area contributed by atoms with Crippen LogP contribution in [0.15, 0.2) is 11.4 Å². The van der Waals surface area contributed by atoms with E-state index < -0.39 is 0 Å². The van der Waals surface area contributed by atoms with Crippen LogP contribution in [0.4, 0.5) is 0 Å². The minimum atomic E-state index is -0.0391. The third-order valence-electron chi connectivity index (χ3n) is 1.62. The summed E-state index contributed by atoms with van der Waals surface area (Å²) in [5.74, 6) is 0.121. The molecular weight excluding hydrogens is 174 g/mol. The fourth-order valence-electron chi connectivity index (χ4n) is 0.770. The molecule has 1 rings (SSSR count). The van der Waals surface area contributed by atoms with Crippen molar-refractivity contribution < 1.29 is 9.90 Å². The van der Waals surface area contributed by atoms with Crippen LogP contribution in [0.5, 0.6) is 5.75 Å². The molecule has 1 aromatic rings. The van der Waals surface area contributed by atoms with Crippen LogP contribution in [0, 0.1) is 0 Å². The van der Waals surface area contributed by atoms with Crippen molar-refractivity contribution in [3.8, 4) is 5.75 Å². The fraction of sp³-hybridized carbons (Fsp3) is 0.375. The number of amides is 1. The van der Waals surface area contributed by atoms with E-state index in [1.54, 1.807) is 17.3 Å². The third kappa shape index (κ3) is 1.76. The average molecular weight is 185 g/mol. The van der Waals surface area contributed by atoms with E-state index in [1.165, 1.54) is 17.4 Å². The van der Waals surface area contributed by atoms with Crippen LogP contribution in [-0.4, -0.2) is 29.5 Å². The molecule has 1 N–H and O–H groups in total. The number of thiophene rings is 1. The Hall–Kier alpha value is -1.03. The van der Waals surface area contributed by atoms with Gasteiger partial charge in [0.25, 0.3) is 5.91 Å². The van der Waals surface area contributed by atoms with Gasteiger partial charge in [-0.3, -0.25) is 4.79 Å². The molecule has 0 aromatic carbocycles. The van der Waals surface area contributed by atoms with Crippen LogP contribution in [0.1, 0.15) is 16.6 Å². The number of hydrogen-bond acceptors (Lipinski definition) is 3. The van der Waals surface area contributed by atoms with E-state index in [9.17, 15) is 4.79 Å². The molecule has 0 radical (unpaired) electrons. The van der Waals surface area contributed by atoms with Crippen LogP contribution in [-0.2, 0) is 0 Å². The molecule has 1 amide bonds. The third-order valence-corrected chi connectivity index (χ3v) is 2.52. The van der Waals surface area contributed by atoms with Crippen molar-refractivity contribution in [2.45, 2.75) is 6.92 Å². The lowest BCUT2D eigenvalue weighted by Gasteiger charge is -2.12. The number of carbonyl (C=O) groups is 1. The van der Waals surface area contributed by atoms with E-state index in [2.05, 4.69) is 0 Å². The Morgan fingerprint density at radius 1 is 1.75 bits per heavy atom. The normalized spacial score (nSPS) is 9.83. The van der Waals surface area contributed by atoms with Crippen molar-refractivity contribution in [3.05, 3.63) is 16.3 Å². The molecule has 0 saturated heterocycles. The maximum Gasteiger partial charge on any atom is 0.263 e. The predicted molar refractivity (Wildman–Crippen MR) is 48.6 cm³/mol. The van der Waals surface area contributed by atoms with Gasteiger partial charge in [-0.2, -0.15) is 0 Å². The predicted octanol–water partition coefficient (Wildman–Crippen LogP) is 1.55. The Kier molecular flexibility index (Phi) is 2.70. The molecule has 12 heavy (non-hydrogen) atoms. The minimum absolute atomic E-state index is 0.0391. The molecule has 0 unspecified atom stereocenters. The molecule has 0 spiro atoms. The molecule has 0 fully saturated rings. The van der Waals surface area contributed by atoms with Gasteiger partial charge < -0.3 is 10.0 Å². The van der Waals surface area contributed by atoms with E-state index in [-0.39, 0.29) is 11.7 Å². The quantitative estimate of drug-likeness (QED) is 0.759. The van der Waals surface area contributed by atoms with Gasteiger partial charge in [0.05, 0.1) is 4.88 Å². The first-order chi connectivity index (χ1) is 5.65. The summed E-state index contributed by atoms with van der Waals surface area (Å²) >= 11 is 1.26. The van der Waals surface area contributed by atoms with E-state index >= 15 is 0 Å². The summed E-state index contributed by atoms with van der Waals surface area (Å²) in [5.41, 5.74) is 0. The molecule has 1 aromatic heterocycles. The average Bonchev–Trinajstić information content (AvgIpc) is 2.49. The second-order valence-corrected chi connectivity index (χ2v) is 3.40. The maximum atomic E-state index is 11.4. The van der Waals surface area contributed by atoms with E-state index in [0.717, 1.165) is 0 Å². The maximum absolute atomic E-state index is 11.4. The second kappa shape index (κ2) is 3.58. The molecule has 0 bridgehead atoms. The van der Waals surface area contributed by atoms with Crippen molar-refractivity contribution in [1.82, 2.24) is 4.90 Å². The van der Waals surface area contributed by atoms with Crippen LogP contribution in [0.3, 0.4) is 0 Å². The summed E-state index contributed by atoms with van der Waals surface area (Å²) in [4.78, 5) is 13.6. The van der Waals surface area contributed by atoms with Crippen LogP contribution in [0.2, 0.25) is 0 Å². The van der Waals surface area contributed by atoms with Crippen LogP contribution in [0.25, 0.3) is 0 Å². The molecular formula is C8H11NO2S. The molecule has 4 heteroatoms. The number of hydrogen-bond donors (Lipinski definition) is 1. The molecule has 0 atom stereocenters. The fourth-order valence-corrected chi connectivity index (χ4v) is 1.53. The van der Waals surface area contributed by atoms with Gasteiger partial charge in [0.2, 0.25) is 0 Å². The highest BCUT2D eigenvalue weighted by Gasteiger charge is 2.11. The van der Waals surface area contributed by atoms with Gasteiger partial charge in [-0.15, -0.1) is 11.3 Å². The second-order valence-electron chi connectivity index (χ2n) is 2.49. The summed E-state index contributed by atoms with van der Waals surface area (Å²) in [6, 6.07) is 1.49. The van der Waals surface area contributed by atoms with Crippen molar-refractivity contribution in [2.75, 3.05) is 13.6 Å². The van der Waals surface area contributed by atoms with Crippen molar-refractivity contribution >= 4 is 17.2 Å². The van der Waals surface area contributed by atoms with Crippen molar-refractivity contribution in [1.29, 1.82) is 0 Å². The largest absolute Gasteiger partial charge is 0.507 e. The molecule has 0 aliphatic rings. The molecule has 66 valence electrons. The summed E-state index contributed by atoms with van der Waals surface area (Å²) in [7, 11) is 1.74. The Labute approximate surface area is 75.2 Å². The topological polar surface area (TPSA) is 40.5 Å². The monoisotopic (exact) mass is 185 g/mol. The van der Waals surface area contributed by atoms with E-state index in [4.69, 9.17) is 5.11 Å². The summed E-state index contributed by atoms with van der Waals surface area (Å²) in [6.07, 6.45) is 0. The van der Waals surface area contributed by atoms with E-state index in [0.29, 0.717) is 11.4 Å². The lowest BCUT2D eigenvalue weighted by atomic mass is 10.4. The number of rotatable bonds is 2. The Balaban J connectivity index is 2.78. The zero-order valence-corrected chi connectivity index (χ0v) is 7.89. The first kappa shape index (κ1) is 9.06. The number of aromatic hydroxyl groups is 1. The minimum Gasteiger partial charge on any atom is -0.507 e. The standard InChI is InChI=1S/C8H11NO2S/c1-3-9(2)8(11)7-4-6(10)5-12-7/h4-5,10H,3H2,1-2H3. The highest BCUT2D eigenvalue weighted by molar-refractivity contribution is 7.12. The van der Waals surface area contributed by atoms with Crippen molar-refractivity contribution in [2.24, 2.45) is 0 Å². The van der Waals surface area contributed by atoms with Gasteiger partial charge in [0.1, 0.15) is 5.75 Å². The lowest BCUT2D eigenvalue weighted by molar-refractivity contribution is 0.0807. The Bertz CT molecular complexity index is 282. The van der Waals surface area contributed by atoms with Gasteiger partial charge in [0.15, 0.2) is 0 Å². The zero-order chi connectivity index (χ0) is 9.14. The van der Waals surface area contributed by atoms with Gasteiger partial charge >= 0.3 is 0 Å². The molecule has 1 heterocycles. The smallest absolute Gasteiger partial charge is 0.263 e. The molecule has 0 saturated carbocycles. The summed E-state index contributed by atoms with van der Waals surface area (Å²) in [6.45, 7) is 2.59. The van der Waals surface area contributed by atoms with Crippen LogP contribution >= 0.6 is 11.3 Å². The molecule has 0 aliphatic carbocycles. The van der Waals surface area contributed by atoms with Gasteiger partial charge in [0, 0.05) is 25.0 Å². The highest BCUT2D eigenvalue weighted by atomic mass is 32.1. The highest BCUT2D eigenvalue weighted by Crippen LogP contribution is 2.20. The van der Waals surface area contributed by atoms with Gasteiger partial charge in [-0.25, -0.2) is 0 Å². The molecule has 3 nitrogen and oxygen atoms in total. The number of carbonyl (C=O) groups excluding carboxylic acids is 1. The summed E-state index contributed by atoms with van der Waals surface area (Å²) in [5, 5.41) is 10.5. The lowest BCUT2D eigenvalue weighted by Crippen LogP contribution is -2.25. The number of nitrogens with zero attached hydrogens (tertiary/aromatic N) is 1. The van der Waals surface area contributed by atoms with E-state index in [1.807, 2.05) is 6.92 Å². The van der Waals surface area contributed by atoms with Crippen molar-refractivity contribution in [3.63, 3.8) is 0 Å². The Morgan fingerprint density at radius 2 is 2.42 bits per heavy atom. The van der Waals surface area contributed by atoms with Gasteiger partial charge in [-0.05, 0) is 6.92 Å². The molecule has 0 aliphatic heterocycles.